The topological polar surface area (TPSA) is 94.6 Å². The van der Waals surface area contributed by atoms with Crippen LogP contribution < -0.4 is 20.2 Å². The van der Waals surface area contributed by atoms with Crippen LogP contribution in [0.25, 0.3) is 0 Å². The molecule has 0 unspecified atom stereocenters. The van der Waals surface area contributed by atoms with Gasteiger partial charge in [0.05, 0.1) is 45.0 Å². The molecule has 0 atom stereocenters. The zero-order chi connectivity index (χ0) is 24.4. The van der Waals surface area contributed by atoms with Crippen LogP contribution in [0.4, 0.5) is 16.0 Å². The van der Waals surface area contributed by atoms with Crippen molar-refractivity contribution in [3.05, 3.63) is 89.3 Å². The molecule has 9 nitrogen and oxygen atoms in total. The molecule has 180 valence electrons. The number of methoxy groups -OCH3 is 2. The molecule has 10 heteroatoms. The molecule has 1 aliphatic heterocycles. The zero-order valence-corrected chi connectivity index (χ0v) is 19.6. The molecule has 2 N–H and O–H groups in total. The van der Waals surface area contributed by atoms with Crippen molar-refractivity contribution >= 4 is 11.6 Å². The number of benzene rings is 2. The van der Waals surface area contributed by atoms with Gasteiger partial charge in [-0.25, -0.2) is 19.4 Å². The normalized spacial score (nSPS) is 13.2. The highest BCUT2D eigenvalue weighted by Gasteiger charge is 2.32. The van der Waals surface area contributed by atoms with Gasteiger partial charge in [0.15, 0.2) is 17.4 Å². The summed E-state index contributed by atoms with van der Waals surface area (Å²) in [5.74, 6) is 1.18. The Balaban J connectivity index is 1.43. The Bertz CT molecular complexity index is 1310. The van der Waals surface area contributed by atoms with Crippen molar-refractivity contribution in [3.63, 3.8) is 0 Å². The van der Waals surface area contributed by atoms with E-state index in [2.05, 4.69) is 44.3 Å². The molecule has 0 bridgehead atoms. The van der Waals surface area contributed by atoms with Gasteiger partial charge in [0, 0.05) is 18.9 Å². The monoisotopic (exact) mass is 475 g/mol. The Labute approximate surface area is 202 Å². The summed E-state index contributed by atoms with van der Waals surface area (Å²) in [7, 11) is 2.96. The van der Waals surface area contributed by atoms with Crippen LogP contribution in [-0.4, -0.2) is 39.0 Å². The van der Waals surface area contributed by atoms with Crippen LogP contribution in [0, 0.1) is 5.82 Å². The first-order chi connectivity index (χ1) is 17.1. The molecule has 2 aromatic heterocycles. The van der Waals surface area contributed by atoms with Crippen LogP contribution in [0.15, 0.2) is 61.2 Å². The predicted molar refractivity (Wildman–Crippen MR) is 129 cm³/mol. The average molecular weight is 476 g/mol. The Morgan fingerprint density at radius 3 is 2.34 bits per heavy atom. The second-order valence-corrected chi connectivity index (χ2v) is 8.22. The van der Waals surface area contributed by atoms with Crippen molar-refractivity contribution in [1.29, 1.82) is 0 Å². The lowest BCUT2D eigenvalue weighted by Gasteiger charge is -2.30. The summed E-state index contributed by atoms with van der Waals surface area (Å²) < 4.78 is 27.8. The predicted octanol–water partition coefficient (Wildman–Crippen LogP) is 3.40. The van der Waals surface area contributed by atoms with E-state index < -0.39 is 5.82 Å². The second-order valence-electron chi connectivity index (χ2n) is 8.22. The lowest BCUT2D eigenvalue weighted by molar-refractivity contribution is 0.246. The first-order valence-corrected chi connectivity index (χ1v) is 11.1. The van der Waals surface area contributed by atoms with Gasteiger partial charge in [0.25, 0.3) is 0 Å². The quantitative estimate of drug-likeness (QED) is 0.414. The molecule has 0 spiro atoms. The largest absolute Gasteiger partial charge is 0.496 e. The second kappa shape index (κ2) is 9.59. The van der Waals surface area contributed by atoms with Gasteiger partial charge in [-0.2, -0.15) is 5.10 Å². The number of hydrazine groups is 1. The van der Waals surface area contributed by atoms with Crippen LogP contribution >= 0.6 is 0 Å². The number of hydrogen-bond donors (Lipinski definition) is 1. The molecule has 35 heavy (non-hydrogen) atoms. The van der Waals surface area contributed by atoms with Crippen molar-refractivity contribution in [2.75, 3.05) is 25.0 Å². The van der Waals surface area contributed by atoms with Crippen molar-refractivity contribution in [2.24, 2.45) is 0 Å². The highest BCUT2D eigenvalue weighted by Crippen LogP contribution is 2.37. The number of ether oxygens (including phenoxy) is 2. The van der Waals surface area contributed by atoms with Gasteiger partial charge < -0.3 is 15.2 Å². The van der Waals surface area contributed by atoms with E-state index in [1.54, 1.807) is 18.3 Å². The maximum absolute atomic E-state index is 15.3. The van der Waals surface area contributed by atoms with Gasteiger partial charge in [-0.15, -0.1) is 0 Å². The van der Waals surface area contributed by atoms with E-state index in [0.717, 1.165) is 16.7 Å². The number of hydrogen-bond acceptors (Lipinski definition) is 8. The van der Waals surface area contributed by atoms with E-state index in [0.29, 0.717) is 42.6 Å². The number of halogens is 1. The minimum Gasteiger partial charge on any atom is -0.496 e. The van der Waals surface area contributed by atoms with Crippen LogP contribution in [0.2, 0.25) is 0 Å². The van der Waals surface area contributed by atoms with Gasteiger partial charge in [-0.3, -0.25) is 9.69 Å². The Kier molecular flexibility index (Phi) is 6.19. The van der Waals surface area contributed by atoms with Gasteiger partial charge in [0.1, 0.15) is 17.9 Å². The smallest absolute Gasteiger partial charge is 0.173 e. The standard InChI is InChI=1S/C25H26FN7O2/c1-34-21-8-9-22(35-2)23(26)19(21)15-33-25-20(24(27)28-16-29-25)14-32(33)13-18-6-4-17(5-7-18)12-31-11-3-10-30-31/h3-11,16H,12-15H2,1-2H3,(H2,27,28,29). The lowest BCUT2D eigenvalue weighted by atomic mass is 10.1. The van der Waals surface area contributed by atoms with E-state index in [1.165, 1.54) is 20.5 Å². The summed E-state index contributed by atoms with van der Waals surface area (Å²) in [5.41, 5.74) is 9.59. The van der Waals surface area contributed by atoms with E-state index >= 15 is 4.39 Å². The summed E-state index contributed by atoms with van der Waals surface area (Å²) >= 11 is 0. The minimum absolute atomic E-state index is 0.154. The third kappa shape index (κ3) is 4.47. The van der Waals surface area contributed by atoms with Crippen molar-refractivity contribution in [3.8, 4) is 11.5 Å². The molecule has 4 aromatic rings. The SMILES string of the molecule is COc1ccc(OC)c(CN2c3ncnc(N)c3CN2Cc2ccc(Cn3cccn3)cc2)c1F. The fraction of sp³-hybridized carbons (Fsp3) is 0.240. The molecule has 2 aromatic carbocycles. The van der Waals surface area contributed by atoms with Gasteiger partial charge >= 0.3 is 0 Å². The van der Waals surface area contributed by atoms with Gasteiger partial charge in [0.2, 0.25) is 0 Å². The number of nitrogen functional groups attached to an aromatic ring is 1. The number of rotatable bonds is 8. The number of fused-ring (bicyclic) bond motifs is 1. The molecule has 0 aliphatic carbocycles. The summed E-state index contributed by atoms with van der Waals surface area (Å²) in [6, 6.07) is 13.5. The molecule has 0 saturated carbocycles. The number of anilines is 2. The molecular formula is C25H26FN7O2. The molecule has 3 heterocycles. The molecule has 0 amide bonds. The zero-order valence-electron chi connectivity index (χ0n) is 19.6. The highest BCUT2D eigenvalue weighted by atomic mass is 19.1. The van der Waals surface area contributed by atoms with Crippen molar-refractivity contribution < 1.29 is 13.9 Å². The first-order valence-electron chi connectivity index (χ1n) is 11.1. The third-order valence-electron chi connectivity index (χ3n) is 6.09. The van der Waals surface area contributed by atoms with Gasteiger partial charge in [-0.1, -0.05) is 24.3 Å². The molecule has 0 fully saturated rings. The summed E-state index contributed by atoms with van der Waals surface area (Å²) in [6.07, 6.45) is 5.13. The summed E-state index contributed by atoms with van der Waals surface area (Å²) in [5, 5.41) is 8.26. The maximum atomic E-state index is 15.3. The summed E-state index contributed by atoms with van der Waals surface area (Å²) in [6.45, 7) is 1.97. The van der Waals surface area contributed by atoms with Crippen LogP contribution in [-0.2, 0) is 26.2 Å². The summed E-state index contributed by atoms with van der Waals surface area (Å²) in [4.78, 5) is 8.61. The van der Waals surface area contributed by atoms with E-state index in [-0.39, 0.29) is 12.3 Å². The Morgan fingerprint density at radius 1 is 0.943 bits per heavy atom. The number of nitrogens with two attached hydrogens (primary N) is 1. The fourth-order valence-electron chi connectivity index (χ4n) is 4.28. The molecular weight excluding hydrogens is 449 g/mol. The third-order valence-corrected chi connectivity index (χ3v) is 6.09. The molecule has 0 saturated heterocycles. The molecule has 5 rings (SSSR count). The van der Waals surface area contributed by atoms with Crippen LogP contribution in [0.1, 0.15) is 22.3 Å². The van der Waals surface area contributed by atoms with Gasteiger partial charge in [-0.05, 0) is 29.3 Å². The van der Waals surface area contributed by atoms with E-state index in [1.807, 2.05) is 22.0 Å². The molecule has 0 radical (unpaired) electrons. The van der Waals surface area contributed by atoms with Crippen molar-refractivity contribution in [2.45, 2.75) is 26.2 Å². The van der Waals surface area contributed by atoms with Crippen LogP contribution in [0.5, 0.6) is 11.5 Å². The van der Waals surface area contributed by atoms with Crippen molar-refractivity contribution in [1.82, 2.24) is 24.8 Å². The molecule has 1 aliphatic rings. The number of aromatic nitrogens is 4. The maximum Gasteiger partial charge on any atom is 0.173 e. The fourth-order valence-corrected chi connectivity index (χ4v) is 4.28. The van der Waals surface area contributed by atoms with E-state index in [4.69, 9.17) is 15.2 Å². The Morgan fingerprint density at radius 2 is 1.66 bits per heavy atom. The minimum atomic E-state index is -0.467. The average Bonchev–Trinajstić information content (AvgIpc) is 3.50. The highest BCUT2D eigenvalue weighted by molar-refractivity contribution is 5.60. The first kappa shape index (κ1) is 22.6. The number of nitrogens with zero attached hydrogens (tertiary/aromatic N) is 6. The lowest BCUT2D eigenvalue weighted by Crippen LogP contribution is -2.37. The Hall–Kier alpha value is -4.18. The van der Waals surface area contributed by atoms with Crippen LogP contribution in [0.3, 0.4) is 0 Å². The van der Waals surface area contributed by atoms with E-state index in [9.17, 15) is 0 Å².